The summed E-state index contributed by atoms with van der Waals surface area (Å²) in [6.07, 6.45) is 1.34. The highest BCUT2D eigenvalue weighted by Gasteiger charge is 2.25. The number of nitrogens with zero attached hydrogens (tertiary/aromatic N) is 2. The standard InChI is InChI=1S/C9H8ClN3O3/c10-7-2-1-6(16-7)5-12-13-4-3-11-8(14)9(13)15/h1-2,5H,3-4H2,(H,11,14)/b12-5+. The van der Waals surface area contributed by atoms with Gasteiger partial charge in [-0.2, -0.15) is 5.10 Å². The summed E-state index contributed by atoms with van der Waals surface area (Å²) >= 11 is 5.56. The van der Waals surface area contributed by atoms with Crippen molar-refractivity contribution in [3.8, 4) is 0 Å². The van der Waals surface area contributed by atoms with Crippen LogP contribution in [-0.2, 0) is 9.59 Å². The number of hydrazone groups is 1. The number of rotatable bonds is 2. The van der Waals surface area contributed by atoms with E-state index in [4.69, 9.17) is 16.0 Å². The molecule has 2 rings (SSSR count). The van der Waals surface area contributed by atoms with Crippen molar-refractivity contribution >= 4 is 29.6 Å². The molecular formula is C9H8ClN3O3. The van der Waals surface area contributed by atoms with Gasteiger partial charge in [-0.3, -0.25) is 9.59 Å². The second-order valence-electron chi connectivity index (χ2n) is 3.07. The summed E-state index contributed by atoms with van der Waals surface area (Å²) in [6, 6.07) is 3.17. The SMILES string of the molecule is O=C1NCCN(/N=C/c2ccc(Cl)o2)C1=O. The predicted molar refractivity (Wildman–Crippen MR) is 56.0 cm³/mol. The Morgan fingerprint density at radius 3 is 3.00 bits per heavy atom. The first-order valence-corrected chi connectivity index (χ1v) is 4.93. The summed E-state index contributed by atoms with van der Waals surface area (Å²) < 4.78 is 5.01. The van der Waals surface area contributed by atoms with E-state index in [0.717, 1.165) is 5.01 Å². The maximum absolute atomic E-state index is 11.3. The lowest BCUT2D eigenvalue weighted by molar-refractivity contribution is -0.148. The lowest BCUT2D eigenvalue weighted by Gasteiger charge is -2.20. The Labute approximate surface area is 95.8 Å². The van der Waals surface area contributed by atoms with Crippen molar-refractivity contribution in [2.75, 3.05) is 13.1 Å². The molecule has 0 aromatic carbocycles. The van der Waals surface area contributed by atoms with Crippen molar-refractivity contribution in [1.82, 2.24) is 10.3 Å². The van der Waals surface area contributed by atoms with Crippen LogP contribution in [0.4, 0.5) is 0 Å². The van der Waals surface area contributed by atoms with Crippen LogP contribution in [0.2, 0.25) is 5.22 Å². The fraction of sp³-hybridized carbons (Fsp3) is 0.222. The van der Waals surface area contributed by atoms with Gasteiger partial charge in [0.15, 0.2) is 5.22 Å². The molecule has 0 unspecified atom stereocenters. The monoisotopic (exact) mass is 241 g/mol. The number of piperazine rings is 1. The van der Waals surface area contributed by atoms with Gasteiger partial charge in [0.2, 0.25) is 0 Å². The largest absolute Gasteiger partial charge is 0.444 e. The first-order chi connectivity index (χ1) is 7.66. The first-order valence-electron chi connectivity index (χ1n) is 4.56. The molecule has 0 aliphatic carbocycles. The average molecular weight is 242 g/mol. The topological polar surface area (TPSA) is 74.9 Å². The molecule has 1 N–H and O–H groups in total. The van der Waals surface area contributed by atoms with E-state index < -0.39 is 11.8 Å². The Bertz CT molecular complexity index is 455. The second kappa shape index (κ2) is 4.36. The maximum atomic E-state index is 11.3. The molecule has 1 saturated heterocycles. The van der Waals surface area contributed by atoms with E-state index in [-0.39, 0.29) is 5.22 Å². The molecule has 1 fully saturated rings. The van der Waals surface area contributed by atoms with Crippen molar-refractivity contribution in [2.24, 2.45) is 5.10 Å². The lowest BCUT2D eigenvalue weighted by atomic mass is 10.4. The number of amides is 2. The fourth-order valence-electron chi connectivity index (χ4n) is 1.20. The molecule has 7 heteroatoms. The maximum Gasteiger partial charge on any atom is 0.331 e. The number of hydrogen-bond donors (Lipinski definition) is 1. The molecule has 0 radical (unpaired) electrons. The van der Waals surface area contributed by atoms with Gasteiger partial charge in [0.05, 0.1) is 12.8 Å². The van der Waals surface area contributed by atoms with E-state index in [2.05, 4.69) is 10.4 Å². The number of hydrogen-bond acceptors (Lipinski definition) is 4. The molecule has 2 amide bonds. The second-order valence-corrected chi connectivity index (χ2v) is 3.44. The Morgan fingerprint density at radius 1 is 1.50 bits per heavy atom. The van der Waals surface area contributed by atoms with E-state index in [1.165, 1.54) is 6.21 Å². The molecule has 2 heterocycles. The highest BCUT2D eigenvalue weighted by atomic mass is 35.5. The molecule has 0 atom stereocenters. The van der Waals surface area contributed by atoms with Gasteiger partial charge in [-0.1, -0.05) is 0 Å². The van der Waals surface area contributed by atoms with Crippen LogP contribution in [0.1, 0.15) is 5.76 Å². The summed E-state index contributed by atoms with van der Waals surface area (Å²) in [6.45, 7) is 0.732. The van der Waals surface area contributed by atoms with Crippen molar-refractivity contribution in [3.63, 3.8) is 0 Å². The van der Waals surface area contributed by atoms with Crippen molar-refractivity contribution in [3.05, 3.63) is 23.1 Å². The molecule has 1 aliphatic heterocycles. The van der Waals surface area contributed by atoms with Gasteiger partial charge < -0.3 is 9.73 Å². The summed E-state index contributed by atoms with van der Waals surface area (Å²) in [5.74, 6) is -0.912. The minimum absolute atomic E-state index is 0.240. The van der Waals surface area contributed by atoms with E-state index in [1.807, 2.05) is 0 Å². The van der Waals surface area contributed by atoms with Gasteiger partial charge in [-0.05, 0) is 23.7 Å². The van der Waals surface area contributed by atoms with Crippen LogP contribution in [0.3, 0.4) is 0 Å². The van der Waals surface area contributed by atoms with Crippen LogP contribution in [0.5, 0.6) is 0 Å². The van der Waals surface area contributed by atoms with E-state index in [1.54, 1.807) is 12.1 Å². The number of halogens is 1. The number of carbonyl (C=O) groups is 2. The highest BCUT2D eigenvalue weighted by Crippen LogP contribution is 2.11. The summed E-state index contributed by atoms with van der Waals surface area (Å²) in [7, 11) is 0. The third-order valence-corrected chi connectivity index (χ3v) is 2.16. The third-order valence-electron chi connectivity index (χ3n) is 1.96. The van der Waals surface area contributed by atoms with Crippen molar-refractivity contribution < 1.29 is 14.0 Å². The van der Waals surface area contributed by atoms with E-state index >= 15 is 0 Å². The Hall–Kier alpha value is -1.82. The Kier molecular flexibility index (Phi) is 2.91. The quantitative estimate of drug-likeness (QED) is 0.595. The number of furan rings is 1. The predicted octanol–water partition coefficient (Wildman–Crippen LogP) is 0.225. The van der Waals surface area contributed by atoms with Gasteiger partial charge in [0.1, 0.15) is 5.76 Å². The number of nitrogens with one attached hydrogen (secondary N) is 1. The normalized spacial score (nSPS) is 16.9. The zero-order chi connectivity index (χ0) is 11.5. The molecular weight excluding hydrogens is 234 g/mol. The Morgan fingerprint density at radius 2 is 2.31 bits per heavy atom. The van der Waals surface area contributed by atoms with E-state index in [0.29, 0.717) is 18.8 Å². The molecule has 6 nitrogen and oxygen atoms in total. The van der Waals surface area contributed by atoms with Crippen LogP contribution < -0.4 is 5.32 Å². The molecule has 0 bridgehead atoms. The minimum atomic E-state index is -0.680. The van der Waals surface area contributed by atoms with Crippen LogP contribution in [0.15, 0.2) is 21.7 Å². The first kappa shape index (κ1) is 10.7. The molecule has 0 spiro atoms. The average Bonchev–Trinajstić information content (AvgIpc) is 2.67. The zero-order valence-corrected chi connectivity index (χ0v) is 8.90. The summed E-state index contributed by atoms with van der Waals surface area (Å²) in [5.41, 5.74) is 0. The van der Waals surface area contributed by atoms with Crippen LogP contribution in [0.25, 0.3) is 0 Å². The molecule has 1 aromatic rings. The van der Waals surface area contributed by atoms with Gasteiger partial charge in [0.25, 0.3) is 0 Å². The molecule has 1 aliphatic rings. The van der Waals surface area contributed by atoms with E-state index in [9.17, 15) is 9.59 Å². The van der Waals surface area contributed by atoms with Crippen LogP contribution in [0, 0.1) is 0 Å². The number of carbonyl (C=O) groups excluding carboxylic acids is 2. The van der Waals surface area contributed by atoms with Crippen molar-refractivity contribution in [2.45, 2.75) is 0 Å². The third kappa shape index (κ3) is 2.22. The van der Waals surface area contributed by atoms with Gasteiger partial charge in [-0.15, -0.1) is 0 Å². The fourth-order valence-corrected chi connectivity index (χ4v) is 1.36. The summed E-state index contributed by atoms with van der Waals surface area (Å²) in [5, 5.41) is 7.58. The zero-order valence-electron chi connectivity index (χ0n) is 8.14. The molecule has 84 valence electrons. The van der Waals surface area contributed by atoms with Crippen LogP contribution in [-0.4, -0.2) is 36.1 Å². The molecule has 0 saturated carbocycles. The van der Waals surface area contributed by atoms with Gasteiger partial charge in [-0.25, -0.2) is 5.01 Å². The summed E-state index contributed by atoms with van der Waals surface area (Å²) in [4.78, 5) is 22.3. The van der Waals surface area contributed by atoms with Crippen molar-refractivity contribution in [1.29, 1.82) is 0 Å². The lowest BCUT2D eigenvalue weighted by Crippen LogP contribution is -2.49. The van der Waals surface area contributed by atoms with Crippen LogP contribution >= 0.6 is 11.6 Å². The molecule has 16 heavy (non-hydrogen) atoms. The molecule has 1 aromatic heterocycles. The van der Waals surface area contributed by atoms with Gasteiger partial charge in [0, 0.05) is 6.54 Å². The smallest absolute Gasteiger partial charge is 0.331 e. The minimum Gasteiger partial charge on any atom is -0.444 e. The van der Waals surface area contributed by atoms with Gasteiger partial charge >= 0.3 is 11.8 Å². The Balaban J connectivity index is 2.06. The highest BCUT2D eigenvalue weighted by molar-refractivity contribution is 6.35.